The van der Waals surface area contributed by atoms with E-state index in [4.69, 9.17) is 18.0 Å². The second kappa shape index (κ2) is 5.34. The lowest BCUT2D eigenvalue weighted by molar-refractivity contribution is -0.123. The molecular weight excluding hydrogens is 232 g/mol. The highest BCUT2D eigenvalue weighted by atomic mass is 32.1. The summed E-state index contributed by atoms with van der Waals surface area (Å²) in [7, 11) is 0. The molecular formula is C13H22N2OS. The zero-order chi connectivity index (χ0) is 12.4. The minimum atomic E-state index is -0.106. The van der Waals surface area contributed by atoms with E-state index in [2.05, 4.69) is 12.2 Å². The van der Waals surface area contributed by atoms with Gasteiger partial charge in [0.2, 0.25) is 5.91 Å². The van der Waals surface area contributed by atoms with Crippen LogP contribution < -0.4 is 11.1 Å². The molecule has 3 atom stereocenters. The normalized spacial score (nSPS) is 32.4. The first-order chi connectivity index (χ1) is 8.15. The summed E-state index contributed by atoms with van der Waals surface area (Å²) in [6.07, 6.45) is 6.88. The first-order valence-electron chi connectivity index (χ1n) is 6.74. The van der Waals surface area contributed by atoms with Crippen molar-refractivity contribution in [1.82, 2.24) is 5.32 Å². The van der Waals surface area contributed by atoms with Crippen molar-refractivity contribution in [3.63, 3.8) is 0 Å². The van der Waals surface area contributed by atoms with Crippen molar-refractivity contribution in [3.8, 4) is 0 Å². The van der Waals surface area contributed by atoms with Crippen LogP contribution in [0.3, 0.4) is 0 Å². The molecule has 3 N–H and O–H groups in total. The Labute approximate surface area is 109 Å². The van der Waals surface area contributed by atoms with Crippen molar-refractivity contribution >= 4 is 23.1 Å². The van der Waals surface area contributed by atoms with Gasteiger partial charge in [-0.15, -0.1) is 0 Å². The van der Waals surface area contributed by atoms with Crippen LogP contribution in [-0.2, 0) is 4.79 Å². The summed E-state index contributed by atoms with van der Waals surface area (Å²) < 4.78 is 0. The van der Waals surface area contributed by atoms with Gasteiger partial charge in [0.25, 0.3) is 0 Å². The van der Waals surface area contributed by atoms with Crippen molar-refractivity contribution in [2.75, 3.05) is 0 Å². The van der Waals surface area contributed by atoms with Crippen LogP contribution in [0, 0.1) is 17.8 Å². The molecule has 0 aromatic heterocycles. The molecule has 0 heterocycles. The third-order valence-corrected chi connectivity index (χ3v) is 4.48. The minimum absolute atomic E-state index is 0.106. The van der Waals surface area contributed by atoms with Gasteiger partial charge in [-0.25, -0.2) is 0 Å². The number of carbonyl (C=O) groups is 1. The van der Waals surface area contributed by atoms with Crippen molar-refractivity contribution in [2.45, 2.75) is 51.5 Å². The van der Waals surface area contributed by atoms with E-state index in [-0.39, 0.29) is 17.9 Å². The Balaban J connectivity index is 1.86. The Morgan fingerprint density at radius 1 is 1.41 bits per heavy atom. The second-order valence-corrected chi connectivity index (χ2v) is 5.86. The lowest BCUT2D eigenvalue weighted by Gasteiger charge is -2.16. The van der Waals surface area contributed by atoms with Gasteiger partial charge in [-0.2, -0.15) is 0 Å². The van der Waals surface area contributed by atoms with Crippen LogP contribution in [0.5, 0.6) is 0 Å². The second-order valence-electron chi connectivity index (χ2n) is 5.39. The van der Waals surface area contributed by atoms with Crippen LogP contribution in [0.15, 0.2) is 0 Å². The first kappa shape index (κ1) is 12.8. The van der Waals surface area contributed by atoms with Gasteiger partial charge in [0.15, 0.2) is 0 Å². The van der Waals surface area contributed by atoms with Gasteiger partial charge in [0.05, 0.1) is 11.0 Å². The van der Waals surface area contributed by atoms with Gasteiger partial charge in [-0.1, -0.05) is 38.4 Å². The maximum atomic E-state index is 12.1. The van der Waals surface area contributed by atoms with E-state index < -0.39 is 0 Å². The fourth-order valence-corrected chi connectivity index (χ4v) is 3.40. The molecule has 0 bridgehead atoms. The Hall–Kier alpha value is -0.640. The van der Waals surface area contributed by atoms with E-state index in [9.17, 15) is 4.79 Å². The Bertz CT molecular complexity index is 307. The minimum Gasteiger partial charge on any atom is -0.392 e. The third-order valence-electron chi connectivity index (χ3n) is 4.20. The molecule has 2 saturated carbocycles. The molecule has 0 aliphatic heterocycles. The van der Waals surface area contributed by atoms with Crippen LogP contribution in [0.2, 0.25) is 0 Å². The van der Waals surface area contributed by atoms with E-state index in [1.54, 1.807) is 0 Å². The summed E-state index contributed by atoms with van der Waals surface area (Å²) in [5, 5.41) is 3.03. The lowest BCUT2D eigenvalue weighted by atomic mass is 10.0. The third kappa shape index (κ3) is 2.79. The van der Waals surface area contributed by atoms with E-state index >= 15 is 0 Å². The van der Waals surface area contributed by atoms with Crippen molar-refractivity contribution < 1.29 is 4.79 Å². The number of rotatable bonds is 5. The highest BCUT2D eigenvalue weighted by Crippen LogP contribution is 2.55. The van der Waals surface area contributed by atoms with Crippen LogP contribution in [-0.4, -0.2) is 16.9 Å². The first-order valence-corrected chi connectivity index (χ1v) is 7.15. The van der Waals surface area contributed by atoms with Gasteiger partial charge < -0.3 is 11.1 Å². The largest absolute Gasteiger partial charge is 0.392 e. The topological polar surface area (TPSA) is 55.1 Å². The van der Waals surface area contributed by atoms with Crippen LogP contribution in [0.1, 0.15) is 45.4 Å². The number of amides is 1. The Morgan fingerprint density at radius 2 is 2.00 bits per heavy atom. The Morgan fingerprint density at radius 3 is 2.47 bits per heavy atom. The molecule has 0 aromatic carbocycles. The average Bonchev–Trinajstić information content (AvgIpc) is 3.02. The number of hydrogen-bond donors (Lipinski definition) is 2. The van der Waals surface area contributed by atoms with Crippen molar-refractivity contribution in [3.05, 3.63) is 0 Å². The summed E-state index contributed by atoms with van der Waals surface area (Å²) >= 11 is 5.00. The van der Waals surface area contributed by atoms with Crippen LogP contribution >= 0.6 is 12.2 Å². The molecule has 1 amide bonds. The molecule has 0 saturated heterocycles. The quantitative estimate of drug-likeness (QED) is 0.738. The Kier molecular flexibility index (Phi) is 4.02. The molecule has 0 spiro atoms. The van der Waals surface area contributed by atoms with E-state index in [0.717, 1.165) is 12.8 Å². The summed E-state index contributed by atoms with van der Waals surface area (Å²) in [5.74, 6) is 1.74. The molecule has 0 radical (unpaired) electrons. The van der Waals surface area contributed by atoms with Crippen molar-refractivity contribution in [1.29, 1.82) is 0 Å². The monoisotopic (exact) mass is 254 g/mol. The zero-order valence-electron chi connectivity index (χ0n) is 10.4. The van der Waals surface area contributed by atoms with Gasteiger partial charge in [0.1, 0.15) is 0 Å². The molecule has 96 valence electrons. The predicted octanol–water partition coefficient (Wildman–Crippen LogP) is 1.99. The zero-order valence-corrected chi connectivity index (χ0v) is 11.3. The fourth-order valence-electron chi connectivity index (χ4n) is 3.22. The molecule has 2 fully saturated rings. The molecule has 17 heavy (non-hydrogen) atoms. The standard InChI is InChI=1S/C13H22N2OS/c1-2-5-10(12(14)17)15-13(16)11-8-6-3-4-7-9(8)11/h8-11H,2-7H2,1H3,(H2,14,17)(H,15,16). The van der Waals surface area contributed by atoms with Gasteiger partial charge >= 0.3 is 0 Å². The molecule has 4 heteroatoms. The maximum absolute atomic E-state index is 12.1. The molecule has 2 aliphatic carbocycles. The van der Waals surface area contributed by atoms with E-state index in [0.29, 0.717) is 16.8 Å². The number of thiocarbonyl (C=S) groups is 1. The number of nitrogens with one attached hydrogen (secondary N) is 1. The number of hydrogen-bond acceptors (Lipinski definition) is 2. The van der Waals surface area contributed by atoms with E-state index in [1.165, 1.54) is 25.7 Å². The fraction of sp³-hybridized carbons (Fsp3) is 0.846. The maximum Gasteiger partial charge on any atom is 0.224 e. The van der Waals surface area contributed by atoms with Gasteiger partial charge in [0, 0.05) is 5.92 Å². The SMILES string of the molecule is CCCC(NC(=O)C1C2CCCCC21)C(N)=S. The van der Waals surface area contributed by atoms with Gasteiger partial charge in [-0.05, 0) is 31.1 Å². The lowest BCUT2D eigenvalue weighted by Crippen LogP contribution is -2.44. The van der Waals surface area contributed by atoms with Gasteiger partial charge in [-0.3, -0.25) is 4.79 Å². The summed E-state index contributed by atoms with van der Waals surface area (Å²) in [6.45, 7) is 2.08. The smallest absolute Gasteiger partial charge is 0.224 e. The number of fused-ring (bicyclic) bond motifs is 1. The summed E-state index contributed by atoms with van der Waals surface area (Å²) in [6, 6.07) is -0.106. The summed E-state index contributed by atoms with van der Waals surface area (Å²) in [4.78, 5) is 12.6. The van der Waals surface area contributed by atoms with Crippen LogP contribution in [0.25, 0.3) is 0 Å². The molecule has 3 unspecified atom stereocenters. The summed E-state index contributed by atoms with van der Waals surface area (Å²) in [5.41, 5.74) is 5.65. The average molecular weight is 254 g/mol. The highest BCUT2D eigenvalue weighted by molar-refractivity contribution is 7.80. The molecule has 2 rings (SSSR count). The predicted molar refractivity (Wildman–Crippen MR) is 72.6 cm³/mol. The molecule has 3 nitrogen and oxygen atoms in total. The number of carbonyl (C=O) groups excluding carboxylic acids is 1. The molecule has 0 aromatic rings. The highest BCUT2D eigenvalue weighted by Gasteiger charge is 2.54. The van der Waals surface area contributed by atoms with E-state index in [1.807, 2.05) is 0 Å². The van der Waals surface area contributed by atoms with Crippen molar-refractivity contribution in [2.24, 2.45) is 23.5 Å². The number of nitrogens with two attached hydrogens (primary N) is 1. The van der Waals surface area contributed by atoms with Crippen LogP contribution in [0.4, 0.5) is 0 Å². The molecule has 2 aliphatic rings.